The molecular weight excluding hydrogens is 424 g/mol. The fraction of sp³-hybridized carbons (Fsp3) is 0.292. The van der Waals surface area contributed by atoms with E-state index in [0.717, 1.165) is 5.75 Å². The minimum atomic E-state index is -0.150. The normalized spacial score (nSPS) is 10.6. The molecule has 0 fully saturated rings. The van der Waals surface area contributed by atoms with Crippen molar-refractivity contribution in [3.63, 3.8) is 0 Å². The van der Waals surface area contributed by atoms with Crippen molar-refractivity contribution < 1.29 is 14.3 Å². The van der Waals surface area contributed by atoms with Crippen molar-refractivity contribution in [3.8, 4) is 11.5 Å². The fourth-order valence-corrected chi connectivity index (χ4v) is 3.73. The van der Waals surface area contributed by atoms with E-state index in [1.165, 1.54) is 22.9 Å². The van der Waals surface area contributed by atoms with E-state index >= 15 is 0 Å². The molecule has 3 aromatic rings. The van der Waals surface area contributed by atoms with Gasteiger partial charge in [0.1, 0.15) is 18.1 Å². The predicted molar refractivity (Wildman–Crippen MR) is 127 cm³/mol. The van der Waals surface area contributed by atoms with Crippen molar-refractivity contribution in [1.82, 2.24) is 14.8 Å². The Hall–Kier alpha value is -3.26. The van der Waals surface area contributed by atoms with Crippen LogP contribution < -0.4 is 14.8 Å². The number of aromatic nitrogens is 3. The van der Waals surface area contributed by atoms with Crippen LogP contribution in [0.3, 0.4) is 0 Å². The van der Waals surface area contributed by atoms with Gasteiger partial charge in [-0.15, -0.1) is 16.8 Å². The highest BCUT2D eigenvalue weighted by atomic mass is 32.2. The maximum atomic E-state index is 12.5. The number of rotatable bonds is 11. The molecule has 0 radical (unpaired) electrons. The number of benzene rings is 2. The van der Waals surface area contributed by atoms with Gasteiger partial charge in [0, 0.05) is 6.54 Å². The highest BCUT2D eigenvalue weighted by Gasteiger charge is 2.15. The number of carbonyl (C=O) groups is 1. The standard InChI is InChI=1S/C24H28N4O3S/c1-5-13-28-22(15-31-19-12-11-17(3)18(4)14-19)26-27-24(28)32-16-23(29)25-20-9-7-8-10-21(20)30-6-2/h5,7-12,14H,1,6,13,15-16H2,2-4H3,(H,25,29). The molecule has 3 rings (SSSR count). The van der Waals surface area contributed by atoms with Crippen LogP contribution in [0.25, 0.3) is 0 Å². The van der Waals surface area contributed by atoms with Crippen LogP contribution in [-0.4, -0.2) is 33.0 Å². The summed E-state index contributed by atoms with van der Waals surface area (Å²) >= 11 is 1.31. The van der Waals surface area contributed by atoms with E-state index in [1.807, 2.05) is 54.0 Å². The summed E-state index contributed by atoms with van der Waals surface area (Å²) in [7, 11) is 0. The number of nitrogens with zero attached hydrogens (tertiary/aromatic N) is 3. The summed E-state index contributed by atoms with van der Waals surface area (Å²) in [5.41, 5.74) is 3.03. The molecule has 1 heterocycles. The first kappa shape index (κ1) is 23.4. The number of thioether (sulfide) groups is 1. The van der Waals surface area contributed by atoms with Gasteiger partial charge < -0.3 is 14.8 Å². The van der Waals surface area contributed by atoms with E-state index < -0.39 is 0 Å². The van der Waals surface area contributed by atoms with Crippen LogP contribution in [-0.2, 0) is 17.9 Å². The number of anilines is 1. The van der Waals surface area contributed by atoms with Gasteiger partial charge in [0.15, 0.2) is 11.0 Å². The summed E-state index contributed by atoms with van der Waals surface area (Å²) in [6, 6.07) is 13.3. The van der Waals surface area contributed by atoms with E-state index in [1.54, 1.807) is 6.08 Å². The molecule has 1 N–H and O–H groups in total. The molecule has 1 amide bonds. The molecule has 8 heteroatoms. The zero-order chi connectivity index (χ0) is 22.9. The molecule has 32 heavy (non-hydrogen) atoms. The van der Waals surface area contributed by atoms with Gasteiger partial charge in [-0.25, -0.2) is 0 Å². The van der Waals surface area contributed by atoms with Gasteiger partial charge in [0.25, 0.3) is 0 Å². The molecule has 0 aliphatic rings. The first-order valence-corrected chi connectivity index (χ1v) is 11.4. The second-order valence-corrected chi connectivity index (χ2v) is 8.04. The maximum absolute atomic E-state index is 12.5. The van der Waals surface area contributed by atoms with Crippen LogP contribution in [0.15, 0.2) is 60.3 Å². The summed E-state index contributed by atoms with van der Waals surface area (Å²) in [5, 5.41) is 12.0. The molecule has 0 bridgehead atoms. The number of allylic oxidation sites excluding steroid dienone is 1. The third-order valence-electron chi connectivity index (χ3n) is 4.74. The lowest BCUT2D eigenvalue weighted by atomic mass is 10.1. The Bertz CT molecular complexity index is 1080. The van der Waals surface area contributed by atoms with Crippen LogP contribution in [0.1, 0.15) is 23.9 Å². The number of aryl methyl sites for hydroxylation is 2. The number of ether oxygens (including phenoxy) is 2. The molecule has 0 spiro atoms. The van der Waals surface area contributed by atoms with Gasteiger partial charge >= 0.3 is 0 Å². The van der Waals surface area contributed by atoms with Gasteiger partial charge in [-0.3, -0.25) is 9.36 Å². The molecule has 0 aliphatic heterocycles. The van der Waals surface area contributed by atoms with Crippen LogP contribution in [0, 0.1) is 13.8 Å². The first-order valence-electron chi connectivity index (χ1n) is 10.4. The Balaban J connectivity index is 1.63. The smallest absolute Gasteiger partial charge is 0.234 e. The van der Waals surface area contributed by atoms with E-state index in [4.69, 9.17) is 9.47 Å². The van der Waals surface area contributed by atoms with Crippen molar-refractivity contribution in [2.75, 3.05) is 17.7 Å². The minimum absolute atomic E-state index is 0.150. The molecular formula is C24H28N4O3S. The zero-order valence-corrected chi connectivity index (χ0v) is 19.4. The summed E-state index contributed by atoms with van der Waals surface area (Å²) in [4.78, 5) is 12.5. The summed E-state index contributed by atoms with van der Waals surface area (Å²) in [6.07, 6.45) is 1.77. The van der Waals surface area contributed by atoms with Gasteiger partial charge in [0.2, 0.25) is 5.91 Å². The van der Waals surface area contributed by atoms with Crippen LogP contribution in [0.4, 0.5) is 5.69 Å². The van der Waals surface area contributed by atoms with Crippen LogP contribution >= 0.6 is 11.8 Å². The third-order valence-corrected chi connectivity index (χ3v) is 5.71. The van der Waals surface area contributed by atoms with Crippen molar-refractivity contribution in [1.29, 1.82) is 0 Å². The molecule has 0 saturated carbocycles. The number of carbonyl (C=O) groups excluding carboxylic acids is 1. The Kier molecular flexibility index (Phi) is 8.33. The number of hydrogen-bond donors (Lipinski definition) is 1. The van der Waals surface area contributed by atoms with Crippen molar-refractivity contribution >= 4 is 23.4 Å². The summed E-state index contributed by atoms with van der Waals surface area (Å²) in [5.74, 6) is 2.14. The summed E-state index contributed by atoms with van der Waals surface area (Å²) in [6.45, 7) is 11.2. The average Bonchev–Trinajstić information content (AvgIpc) is 3.16. The zero-order valence-electron chi connectivity index (χ0n) is 18.6. The Morgan fingerprint density at radius 2 is 1.97 bits per heavy atom. The van der Waals surface area contributed by atoms with E-state index in [-0.39, 0.29) is 18.3 Å². The SMILES string of the molecule is C=CCn1c(COc2ccc(C)c(C)c2)nnc1SCC(=O)Nc1ccccc1OCC. The summed E-state index contributed by atoms with van der Waals surface area (Å²) < 4.78 is 13.4. The molecule has 0 atom stereocenters. The largest absolute Gasteiger partial charge is 0.492 e. The third kappa shape index (κ3) is 6.13. The lowest BCUT2D eigenvalue weighted by Crippen LogP contribution is -2.15. The molecule has 168 valence electrons. The quantitative estimate of drug-likeness (QED) is 0.333. The second-order valence-electron chi connectivity index (χ2n) is 7.10. The Morgan fingerprint density at radius 1 is 1.16 bits per heavy atom. The number of hydrogen-bond acceptors (Lipinski definition) is 6. The molecule has 7 nitrogen and oxygen atoms in total. The van der Waals surface area contributed by atoms with Crippen LogP contribution in [0.5, 0.6) is 11.5 Å². The van der Waals surface area contributed by atoms with Crippen molar-refractivity contribution in [3.05, 3.63) is 72.1 Å². The van der Waals surface area contributed by atoms with Crippen LogP contribution in [0.2, 0.25) is 0 Å². The minimum Gasteiger partial charge on any atom is -0.492 e. The Labute approximate surface area is 192 Å². The number of nitrogens with one attached hydrogen (secondary N) is 1. The monoisotopic (exact) mass is 452 g/mol. The van der Waals surface area contributed by atoms with Gasteiger partial charge in [-0.2, -0.15) is 0 Å². The lowest BCUT2D eigenvalue weighted by molar-refractivity contribution is -0.113. The van der Waals surface area contributed by atoms with Crippen molar-refractivity contribution in [2.24, 2.45) is 0 Å². The number of para-hydroxylation sites is 2. The maximum Gasteiger partial charge on any atom is 0.234 e. The molecule has 0 unspecified atom stereocenters. The molecule has 1 aromatic heterocycles. The molecule has 2 aromatic carbocycles. The van der Waals surface area contributed by atoms with Crippen molar-refractivity contribution in [2.45, 2.75) is 39.1 Å². The molecule has 0 aliphatic carbocycles. The highest BCUT2D eigenvalue weighted by Crippen LogP contribution is 2.25. The first-order chi connectivity index (χ1) is 15.5. The average molecular weight is 453 g/mol. The van der Waals surface area contributed by atoms with E-state index in [2.05, 4.69) is 35.9 Å². The fourth-order valence-electron chi connectivity index (χ4n) is 2.96. The topological polar surface area (TPSA) is 78.3 Å². The molecule has 0 saturated heterocycles. The predicted octanol–water partition coefficient (Wildman–Crippen LogP) is 4.79. The van der Waals surface area contributed by atoms with Gasteiger partial charge in [-0.1, -0.05) is 36.0 Å². The highest BCUT2D eigenvalue weighted by molar-refractivity contribution is 7.99. The van der Waals surface area contributed by atoms with E-state index in [0.29, 0.717) is 35.6 Å². The second kappa shape index (κ2) is 11.4. The lowest BCUT2D eigenvalue weighted by Gasteiger charge is -2.12. The van der Waals surface area contributed by atoms with E-state index in [9.17, 15) is 4.79 Å². The Morgan fingerprint density at radius 3 is 2.72 bits per heavy atom. The van der Waals surface area contributed by atoms with Gasteiger partial charge in [0.05, 0.1) is 18.0 Å². The van der Waals surface area contributed by atoms with Gasteiger partial charge in [-0.05, 0) is 56.2 Å². The number of amides is 1.